The van der Waals surface area contributed by atoms with Crippen LogP contribution in [0, 0.1) is 11.3 Å². The molecule has 0 aliphatic heterocycles. The van der Waals surface area contributed by atoms with Crippen molar-refractivity contribution in [3.63, 3.8) is 0 Å². The van der Waals surface area contributed by atoms with Gasteiger partial charge in [0.25, 0.3) is 5.56 Å². The van der Waals surface area contributed by atoms with Crippen molar-refractivity contribution in [1.82, 2.24) is 19.7 Å². The molecular weight excluding hydrogens is 280 g/mol. The summed E-state index contributed by atoms with van der Waals surface area (Å²) in [7, 11) is 0. The van der Waals surface area contributed by atoms with E-state index in [1.54, 1.807) is 24.4 Å². The Morgan fingerprint density at radius 1 is 1.50 bits per heavy atom. The predicted octanol–water partition coefficient (Wildman–Crippen LogP) is 1.39. The van der Waals surface area contributed by atoms with Crippen molar-refractivity contribution in [2.24, 2.45) is 5.73 Å². The van der Waals surface area contributed by atoms with E-state index in [2.05, 4.69) is 15.2 Å². The average molecular weight is 294 g/mol. The normalized spacial score (nSPS) is 12.2. The molecule has 1 atom stereocenters. The van der Waals surface area contributed by atoms with Gasteiger partial charge < -0.3 is 5.73 Å². The molecule has 0 bridgehead atoms. The van der Waals surface area contributed by atoms with Crippen molar-refractivity contribution in [1.29, 1.82) is 5.26 Å². The van der Waals surface area contributed by atoms with Gasteiger partial charge in [-0.2, -0.15) is 10.4 Å². The summed E-state index contributed by atoms with van der Waals surface area (Å²) < 4.78 is 1.42. The third-order valence-corrected chi connectivity index (χ3v) is 3.56. The van der Waals surface area contributed by atoms with Crippen LogP contribution < -0.4 is 11.3 Å². The Hall–Kier alpha value is -2.98. The number of nitrogens with one attached hydrogen (secondary N) is 1. The zero-order valence-corrected chi connectivity index (χ0v) is 11.9. The van der Waals surface area contributed by atoms with E-state index in [1.165, 1.54) is 10.8 Å². The fourth-order valence-electron chi connectivity index (χ4n) is 2.39. The zero-order chi connectivity index (χ0) is 15.7. The van der Waals surface area contributed by atoms with Gasteiger partial charge in [-0.15, -0.1) is 0 Å². The molecule has 3 aromatic rings. The highest BCUT2D eigenvalue weighted by atomic mass is 16.1. The summed E-state index contributed by atoms with van der Waals surface area (Å²) in [6, 6.07) is 6.67. The molecule has 0 fully saturated rings. The maximum absolute atomic E-state index is 12.9. The molecule has 0 saturated heterocycles. The van der Waals surface area contributed by atoms with Crippen LogP contribution in [0.4, 0.5) is 0 Å². The van der Waals surface area contributed by atoms with E-state index < -0.39 is 6.04 Å². The molecule has 22 heavy (non-hydrogen) atoms. The SMILES string of the molecule is CCC(N)c1nc2cccc(C#N)c2c(=O)n1-c1cn[nH]c1. The van der Waals surface area contributed by atoms with Gasteiger partial charge in [-0.1, -0.05) is 13.0 Å². The molecular formula is C15H14N6O. The van der Waals surface area contributed by atoms with Crippen LogP contribution in [0.2, 0.25) is 0 Å². The standard InChI is InChI=1S/C15H14N6O/c1-2-11(17)14-20-12-5-3-4-9(6-16)13(12)15(22)21(14)10-7-18-19-8-10/h3-5,7-8,11H,2,17H2,1H3,(H,18,19). The molecule has 2 aromatic heterocycles. The van der Waals surface area contributed by atoms with E-state index >= 15 is 0 Å². The number of nitrogens with two attached hydrogens (primary N) is 1. The Balaban J connectivity index is 2.47. The summed E-state index contributed by atoms with van der Waals surface area (Å²) in [6.07, 6.45) is 3.75. The van der Waals surface area contributed by atoms with Crippen molar-refractivity contribution in [2.75, 3.05) is 0 Å². The molecule has 3 rings (SSSR count). The van der Waals surface area contributed by atoms with Crippen molar-refractivity contribution >= 4 is 10.9 Å². The number of H-pyrrole nitrogens is 1. The number of aromatic nitrogens is 4. The van der Waals surface area contributed by atoms with Crippen LogP contribution in [0.1, 0.15) is 30.8 Å². The third-order valence-electron chi connectivity index (χ3n) is 3.56. The summed E-state index contributed by atoms with van der Waals surface area (Å²) in [5.74, 6) is 0.455. The summed E-state index contributed by atoms with van der Waals surface area (Å²) >= 11 is 0. The highest BCUT2D eigenvalue weighted by Crippen LogP contribution is 2.19. The van der Waals surface area contributed by atoms with Gasteiger partial charge in [0.05, 0.1) is 34.4 Å². The van der Waals surface area contributed by atoms with Crippen LogP contribution >= 0.6 is 0 Å². The van der Waals surface area contributed by atoms with E-state index in [9.17, 15) is 10.1 Å². The lowest BCUT2D eigenvalue weighted by Gasteiger charge is -2.16. The number of benzene rings is 1. The highest BCUT2D eigenvalue weighted by Gasteiger charge is 2.19. The molecule has 0 saturated carbocycles. The first-order valence-electron chi connectivity index (χ1n) is 6.87. The van der Waals surface area contributed by atoms with E-state index in [1.807, 2.05) is 13.0 Å². The van der Waals surface area contributed by atoms with Gasteiger partial charge in [0.1, 0.15) is 11.9 Å². The van der Waals surface area contributed by atoms with Crippen molar-refractivity contribution in [3.8, 4) is 11.8 Å². The van der Waals surface area contributed by atoms with E-state index in [0.29, 0.717) is 34.4 Å². The Labute approximate surface area is 126 Å². The van der Waals surface area contributed by atoms with Gasteiger partial charge in [-0.25, -0.2) is 4.98 Å². The second-order valence-electron chi connectivity index (χ2n) is 4.89. The van der Waals surface area contributed by atoms with Crippen LogP contribution in [0.15, 0.2) is 35.4 Å². The lowest BCUT2D eigenvalue weighted by atomic mass is 10.1. The number of nitrogens with zero attached hydrogens (tertiary/aromatic N) is 4. The summed E-state index contributed by atoms with van der Waals surface area (Å²) in [5.41, 5.74) is 7.11. The van der Waals surface area contributed by atoms with Gasteiger partial charge in [-0.05, 0) is 18.6 Å². The van der Waals surface area contributed by atoms with E-state index in [4.69, 9.17) is 5.73 Å². The van der Waals surface area contributed by atoms with Crippen molar-refractivity contribution in [3.05, 3.63) is 52.3 Å². The Morgan fingerprint density at radius 3 is 2.95 bits per heavy atom. The van der Waals surface area contributed by atoms with Crippen LogP contribution in [0.25, 0.3) is 16.6 Å². The Bertz CT molecular complexity index is 920. The van der Waals surface area contributed by atoms with Crippen LogP contribution in [0.3, 0.4) is 0 Å². The lowest BCUT2D eigenvalue weighted by Crippen LogP contribution is -2.28. The van der Waals surface area contributed by atoms with Crippen LogP contribution in [-0.4, -0.2) is 19.7 Å². The van der Waals surface area contributed by atoms with Gasteiger partial charge in [0.2, 0.25) is 0 Å². The molecule has 7 heteroatoms. The number of hydrogen-bond acceptors (Lipinski definition) is 5. The molecule has 0 radical (unpaired) electrons. The molecule has 0 spiro atoms. The molecule has 0 aliphatic rings. The Morgan fingerprint density at radius 2 is 2.32 bits per heavy atom. The van der Waals surface area contributed by atoms with Gasteiger partial charge in [0, 0.05) is 6.20 Å². The summed E-state index contributed by atoms with van der Waals surface area (Å²) in [5, 5.41) is 16.1. The minimum atomic E-state index is -0.391. The first-order valence-corrected chi connectivity index (χ1v) is 6.87. The molecule has 0 amide bonds. The van der Waals surface area contributed by atoms with Crippen LogP contribution in [0.5, 0.6) is 0 Å². The molecule has 0 aliphatic carbocycles. The van der Waals surface area contributed by atoms with E-state index in [-0.39, 0.29) is 5.56 Å². The second-order valence-corrected chi connectivity index (χ2v) is 4.89. The molecule has 1 unspecified atom stereocenters. The molecule has 7 nitrogen and oxygen atoms in total. The van der Waals surface area contributed by atoms with E-state index in [0.717, 1.165) is 0 Å². The maximum atomic E-state index is 12.9. The molecule has 2 heterocycles. The molecule has 110 valence electrons. The van der Waals surface area contributed by atoms with Crippen molar-refractivity contribution < 1.29 is 0 Å². The van der Waals surface area contributed by atoms with Gasteiger partial charge in [-0.3, -0.25) is 14.5 Å². The highest BCUT2D eigenvalue weighted by molar-refractivity contribution is 5.84. The molecule has 3 N–H and O–H groups in total. The van der Waals surface area contributed by atoms with Gasteiger partial charge >= 0.3 is 0 Å². The quantitative estimate of drug-likeness (QED) is 0.757. The Kier molecular flexibility index (Phi) is 3.45. The first-order chi connectivity index (χ1) is 10.7. The summed E-state index contributed by atoms with van der Waals surface area (Å²) in [6.45, 7) is 1.92. The zero-order valence-electron chi connectivity index (χ0n) is 11.9. The number of hydrogen-bond donors (Lipinski definition) is 2. The number of fused-ring (bicyclic) bond motifs is 1. The predicted molar refractivity (Wildman–Crippen MR) is 81.4 cm³/mol. The number of aromatic amines is 1. The largest absolute Gasteiger partial charge is 0.321 e. The van der Waals surface area contributed by atoms with Crippen LogP contribution in [-0.2, 0) is 0 Å². The lowest BCUT2D eigenvalue weighted by molar-refractivity contribution is 0.623. The maximum Gasteiger partial charge on any atom is 0.267 e. The average Bonchev–Trinajstić information content (AvgIpc) is 3.07. The van der Waals surface area contributed by atoms with Crippen molar-refractivity contribution in [2.45, 2.75) is 19.4 Å². The van der Waals surface area contributed by atoms with Gasteiger partial charge in [0.15, 0.2) is 0 Å². The molecule has 1 aromatic carbocycles. The third kappa shape index (κ3) is 2.06. The number of nitriles is 1. The first kappa shape index (κ1) is 14.0. The minimum Gasteiger partial charge on any atom is -0.321 e. The fourth-order valence-corrected chi connectivity index (χ4v) is 2.39. The minimum absolute atomic E-state index is 0.290. The number of rotatable bonds is 3. The fraction of sp³-hybridized carbons (Fsp3) is 0.200. The monoisotopic (exact) mass is 294 g/mol. The summed E-state index contributed by atoms with van der Waals surface area (Å²) in [4.78, 5) is 17.4. The smallest absolute Gasteiger partial charge is 0.267 e. The second kappa shape index (κ2) is 5.42. The topological polar surface area (TPSA) is 113 Å².